The summed E-state index contributed by atoms with van der Waals surface area (Å²) in [5.74, 6) is -1.31. The number of nitrogens with two attached hydrogens (primary N) is 1. The molecule has 0 spiro atoms. The quantitative estimate of drug-likeness (QED) is 0.357. The highest BCUT2D eigenvalue weighted by Crippen LogP contribution is 2.35. The molecule has 0 amide bonds. The molecule has 3 aromatic carbocycles. The lowest BCUT2D eigenvalue weighted by molar-refractivity contribution is 0.0697. The van der Waals surface area contributed by atoms with Crippen molar-refractivity contribution >= 4 is 28.8 Å². The fourth-order valence-corrected chi connectivity index (χ4v) is 3.27. The van der Waals surface area contributed by atoms with E-state index >= 15 is 0 Å². The van der Waals surface area contributed by atoms with Crippen molar-refractivity contribution in [3.05, 3.63) is 83.8 Å². The number of carboxylic acid groups (broad SMARTS) is 1. The van der Waals surface area contributed by atoms with E-state index in [-0.39, 0.29) is 11.4 Å². The third-order valence-corrected chi connectivity index (χ3v) is 4.71. The Kier molecular flexibility index (Phi) is 4.16. The van der Waals surface area contributed by atoms with Crippen LogP contribution < -0.4 is 5.73 Å². The molecule has 4 rings (SSSR count). The molecule has 0 saturated heterocycles. The number of nitrogens with one attached hydrogen (secondary N) is 1. The number of nitrogen functional groups attached to an aromatic ring is 1. The van der Waals surface area contributed by atoms with Gasteiger partial charge in [0.15, 0.2) is 0 Å². The number of anilines is 1. The number of fused-ring (bicyclic) bond motifs is 1. The minimum atomic E-state index is -0.986. The van der Waals surface area contributed by atoms with Crippen LogP contribution in [-0.4, -0.2) is 21.9 Å². The Bertz CT molecular complexity index is 1210. The Labute approximate surface area is 160 Å². The highest BCUT2D eigenvalue weighted by molar-refractivity contribution is 6.03. The maximum absolute atomic E-state index is 13.4. The SMILES string of the molecule is N=Cc1cc2c(cc1N)c(-c1ccc(C(=O)O)cc1)cn2-c1ccc(F)cc1. The summed E-state index contributed by atoms with van der Waals surface area (Å²) in [6, 6.07) is 16.3. The van der Waals surface area contributed by atoms with Gasteiger partial charge in [0.25, 0.3) is 0 Å². The first kappa shape index (κ1) is 17.5. The fourth-order valence-electron chi connectivity index (χ4n) is 3.27. The van der Waals surface area contributed by atoms with E-state index in [0.717, 1.165) is 27.7 Å². The minimum Gasteiger partial charge on any atom is -0.478 e. The zero-order chi connectivity index (χ0) is 19.8. The van der Waals surface area contributed by atoms with Crippen molar-refractivity contribution in [1.82, 2.24) is 4.57 Å². The summed E-state index contributed by atoms with van der Waals surface area (Å²) < 4.78 is 15.3. The summed E-state index contributed by atoms with van der Waals surface area (Å²) in [5.41, 5.74) is 10.6. The first-order valence-electron chi connectivity index (χ1n) is 8.52. The van der Waals surface area contributed by atoms with Gasteiger partial charge in [0.2, 0.25) is 0 Å². The van der Waals surface area contributed by atoms with E-state index in [1.807, 2.05) is 16.8 Å². The first-order valence-corrected chi connectivity index (χ1v) is 8.52. The largest absolute Gasteiger partial charge is 0.478 e. The standard InChI is InChI=1S/C22H16FN3O2/c23-16-5-7-17(8-6-16)26-12-19(13-1-3-14(4-2-13)22(27)28)18-10-20(25)15(11-24)9-21(18)26/h1-12,24H,25H2,(H,27,28). The smallest absolute Gasteiger partial charge is 0.335 e. The molecule has 6 heteroatoms. The van der Waals surface area contributed by atoms with Gasteiger partial charge in [-0.2, -0.15) is 0 Å². The van der Waals surface area contributed by atoms with E-state index in [9.17, 15) is 9.18 Å². The number of hydrogen-bond donors (Lipinski definition) is 3. The molecule has 138 valence electrons. The Morgan fingerprint density at radius 1 is 1.07 bits per heavy atom. The average Bonchev–Trinajstić information content (AvgIpc) is 3.06. The molecule has 0 unspecified atom stereocenters. The molecule has 0 aliphatic rings. The van der Waals surface area contributed by atoms with Gasteiger partial charge in [0.05, 0.1) is 11.1 Å². The second-order valence-electron chi connectivity index (χ2n) is 6.41. The Hall–Kier alpha value is -3.93. The van der Waals surface area contributed by atoms with Crippen LogP contribution in [0.1, 0.15) is 15.9 Å². The molecule has 28 heavy (non-hydrogen) atoms. The van der Waals surface area contributed by atoms with E-state index in [1.54, 1.807) is 42.5 Å². The van der Waals surface area contributed by atoms with Crippen molar-refractivity contribution in [2.24, 2.45) is 0 Å². The topological polar surface area (TPSA) is 92.1 Å². The second kappa shape index (κ2) is 6.66. The van der Waals surface area contributed by atoms with Crippen LogP contribution in [0.2, 0.25) is 0 Å². The van der Waals surface area contributed by atoms with Gasteiger partial charge in [-0.25, -0.2) is 9.18 Å². The van der Waals surface area contributed by atoms with E-state index in [1.165, 1.54) is 18.3 Å². The van der Waals surface area contributed by atoms with Crippen LogP contribution in [-0.2, 0) is 0 Å². The van der Waals surface area contributed by atoms with E-state index in [0.29, 0.717) is 11.3 Å². The van der Waals surface area contributed by atoms with Crippen LogP contribution in [0.25, 0.3) is 27.7 Å². The molecule has 0 bridgehead atoms. The third kappa shape index (κ3) is 2.91. The molecule has 1 heterocycles. The van der Waals surface area contributed by atoms with Crippen LogP contribution in [0.5, 0.6) is 0 Å². The van der Waals surface area contributed by atoms with E-state index in [4.69, 9.17) is 16.2 Å². The van der Waals surface area contributed by atoms with Crippen molar-refractivity contribution < 1.29 is 14.3 Å². The number of rotatable bonds is 4. The molecule has 4 N–H and O–H groups in total. The highest BCUT2D eigenvalue weighted by Gasteiger charge is 2.14. The fraction of sp³-hybridized carbons (Fsp3) is 0. The van der Waals surface area contributed by atoms with Gasteiger partial charge in [0, 0.05) is 40.3 Å². The van der Waals surface area contributed by atoms with Gasteiger partial charge in [-0.1, -0.05) is 12.1 Å². The molecular formula is C22H16FN3O2. The van der Waals surface area contributed by atoms with Crippen molar-refractivity contribution in [3.63, 3.8) is 0 Å². The van der Waals surface area contributed by atoms with Gasteiger partial charge in [-0.3, -0.25) is 0 Å². The lowest BCUT2D eigenvalue weighted by Gasteiger charge is -2.07. The summed E-state index contributed by atoms with van der Waals surface area (Å²) in [7, 11) is 0. The molecule has 0 fully saturated rings. The average molecular weight is 373 g/mol. The van der Waals surface area contributed by atoms with Crippen molar-refractivity contribution in [1.29, 1.82) is 5.41 Å². The Morgan fingerprint density at radius 3 is 2.36 bits per heavy atom. The van der Waals surface area contributed by atoms with Gasteiger partial charge in [-0.15, -0.1) is 0 Å². The number of benzene rings is 3. The number of carbonyl (C=O) groups is 1. The highest BCUT2D eigenvalue weighted by atomic mass is 19.1. The van der Waals surface area contributed by atoms with Gasteiger partial charge < -0.3 is 20.8 Å². The van der Waals surface area contributed by atoms with Crippen molar-refractivity contribution in [2.45, 2.75) is 0 Å². The summed E-state index contributed by atoms with van der Waals surface area (Å²) in [5, 5.41) is 17.5. The number of halogens is 1. The molecule has 1 aromatic heterocycles. The number of nitrogens with zero attached hydrogens (tertiary/aromatic N) is 1. The third-order valence-electron chi connectivity index (χ3n) is 4.71. The lowest BCUT2D eigenvalue weighted by atomic mass is 10.0. The normalized spacial score (nSPS) is 10.9. The number of carboxylic acids is 1. The van der Waals surface area contributed by atoms with Gasteiger partial charge >= 0.3 is 5.97 Å². The van der Waals surface area contributed by atoms with Crippen molar-refractivity contribution in [2.75, 3.05) is 5.73 Å². The lowest BCUT2D eigenvalue weighted by Crippen LogP contribution is -1.96. The Morgan fingerprint density at radius 2 is 1.75 bits per heavy atom. The molecule has 0 saturated carbocycles. The number of hydrogen-bond acceptors (Lipinski definition) is 3. The van der Waals surface area contributed by atoms with Crippen LogP contribution in [0.15, 0.2) is 66.9 Å². The second-order valence-corrected chi connectivity index (χ2v) is 6.41. The van der Waals surface area contributed by atoms with Crippen LogP contribution >= 0.6 is 0 Å². The summed E-state index contributed by atoms with van der Waals surface area (Å²) >= 11 is 0. The summed E-state index contributed by atoms with van der Waals surface area (Å²) in [4.78, 5) is 11.1. The van der Waals surface area contributed by atoms with E-state index < -0.39 is 5.97 Å². The van der Waals surface area contributed by atoms with E-state index in [2.05, 4.69) is 0 Å². The van der Waals surface area contributed by atoms with Gasteiger partial charge in [-0.05, 0) is 54.1 Å². The monoisotopic (exact) mass is 373 g/mol. The molecule has 0 atom stereocenters. The molecule has 0 aliphatic carbocycles. The summed E-state index contributed by atoms with van der Waals surface area (Å²) in [6.45, 7) is 0. The number of aromatic carboxylic acids is 1. The molecule has 0 radical (unpaired) electrons. The maximum Gasteiger partial charge on any atom is 0.335 e. The minimum absolute atomic E-state index is 0.205. The maximum atomic E-state index is 13.4. The van der Waals surface area contributed by atoms with Crippen LogP contribution in [0.3, 0.4) is 0 Å². The van der Waals surface area contributed by atoms with Gasteiger partial charge in [0.1, 0.15) is 5.82 Å². The zero-order valence-electron chi connectivity index (χ0n) is 14.7. The first-order chi connectivity index (χ1) is 13.5. The zero-order valence-corrected chi connectivity index (χ0v) is 14.7. The Balaban J connectivity index is 1.98. The number of aromatic nitrogens is 1. The van der Waals surface area contributed by atoms with Crippen LogP contribution in [0.4, 0.5) is 10.1 Å². The molecule has 0 aliphatic heterocycles. The predicted octanol–water partition coefficient (Wildman–Crippen LogP) is 4.71. The molecule has 4 aromatic rings. The molecule has 5 nitrogen and oxygen atoms in total. The molecular weight excluding hydrogens is 357 g/mol. The summed E-state index contributed by atoms with van der Waals surface area (Å²) in [6.07, 6.45) is 3.10. The van der Waals surface area contributed by atoms with Crippen LogP contribution in [0, 0.1) is 11.2 Å². The predicted molar refractivity (Wildman–Crippen MR) is 108 cm³/mol. The van der Waals surface area contributed by atoms with Crippen molar-refractivity contribution in [3.8, 4) is 16.8 Å².